The maximum atomic E-state index is 12.0. The van der Waals surface area contributed by atoms with E-state index >= 15 is 0 Å². The summed E-state index contributed by atoms with van der Waals surface area (Å²) in [5.74, 6) is -0.865. The lowest BCUT2D eigenvalue weighted by molar-refractivity contribution is -0.127. The van der Waals surface area contributed by atoms with Crippen molar-refractivity contribution < 1.29 is 14.7 Å². The Morgan fingerprint density at radius 1 is 1.36 bits per heavy atom. The average Bonchev–Trinajstić information content (AvgIpc) is 2.81. The van der Waals surface area contributed by atoms with Crippen LogP contribution in [-0.2, 0) is 17.8 Å². The molecule has 1 heterocycles. The third kappa shape index (κ3) is 2.58. The van der Waals surface area contributed by atoms with Gasteiger partial charge in [-0.25, -0.2) is 4.79 Å². The highest BCUT2D eigenvalue weighted by Crippen LogP contribution is 2.27. The molecule has 0 saturated heterocycles. The fourth-order valence-electron chi connectivity index (χ4n) is 2.87. The highest BCUT2D eigenvalue weighted by molar-refractivity contribution is 5.98. The van der Waals surface area contributed by atoms with Crippen LogP contribution in [0.1, 0.15) is 47.8 Å². The van der Waals surface area contributed by atoms with Crippen LogP contribution >= 0.6 is 0 Å². The van der Waals surface area contributed by atoms with Gasteiger partial charge in [0.15, 0.2) is 0 Å². The van der Waals surface area contributed by atoms with E-state index in [2.05, 4.69) is 17.2 Å². The van der Waals surface area contributed by atoms with E-state index in [1.165, 1.54) is 0 Å². The van der Waals surface area contributed by atoms with Crippen LogP contribution in [0.15, 0.2) is 18.2 Å². The van der Waals surface area contributed by atoms with E-state index in [9.17, 15) is 14.7 Å². The molecule has 3 rings (SSSR count). The quantitative estimate of drug-likeness (QED) is 0.794. The van der Waals surface area contributed by atoms with Crippen molar-refractivity contribution in [2.75, 3.05) is 0 Å². The average molecular weight is 300 g/mol. The van der Waals surface area contributed by atoms with Crippen molar-refractivity contribution in [1.29, 1.82) is 0 Å². The first-order valence-corrected chi connectivity index (χ1v) is 7.74. The van der Waals surface area contributed by atoms with Crippen LogP contribution in [0, 0.1) is 5.92 Å². The van der Waals surface area contributed by atoms with Gasteiger partial charge in [0, 0.05) is 28.9 Å². The fraction of sp³-hybridized carbons (Fsp3) is 0.412. The summed E-state index contributed by atoms with van der Waals surface area (Å²) in [6.07, 6.45) is 3.86. The molecule has 5 heteroatoms. The van der Waals surface area contributed by atoms with Gasteiger partial charge in [-0.05, 0) is 37.0 Å². The largest absolute Gasteiger partial charge is 0.477 e. The van der Waals surface area contributed by atoms with Gasteiger partial charge < -0.3 is 15.4 Å². The number of fused-ring (bicyclic) bond motifs is 1. The number of carboxylic acids is 1. The maximum Gasteiger partial charge on any atom is 0.352 e. The zero-order chi connectivity index (χ0) is 15.7. The number of amides is 1. The molecule has 1 aliphatic rings. The molecule has 0 atom stereocenters. The van der Waals surface area contributed by atoms with E-state index in [0.717, 1.165) is 42.1 Å². The number of H-pyrrole nitrogens is 1. The molecule has 1 saturated carbocycles. The van der Waals surface area contributed by atoms with Crippen LogP contribution < -0.4 is 5.32 Å². The van der Waals surface area contributed by atoms with Crippen LogP contribution in [-0.4, -0.2) is 22.0 Å². The predicted octanol–water partition coefficient (Wildman–Crippen LogP) is 2.84. The van der Waals surface area contributed by atoms with Gasteiger partial charge in [0.25, 0.3) is 0 Å². The summed E-state index contributed by atoms with van der Waals surface area (Å²) in [7, 11) is 0. The first-order valence-electron chi connectivity index (χ1n) is 7.74. The molecular formula is C17H20N2O3. The smallest absolute Gasteiger partial charge is 0.352 e. The highest BCUT2D eigenvalue weighted by Gasteiger charge is 2.26. The van der Waals surface area contributed by atoms with Crippen molar-refractivity contribution in [3.05, 3.63) is 35.0 Å². The molecule has 0 spiro atoms. The number of aromatic nitrogens is 1. The number of aromatic carboxylic acids is 1. The number of hydrogen-bond donors (Lipinski definition) is 3. The number of carbonyl (C=O) groups excluding carboxylic acids is 1. The minimum Gasteiger partial charge on any atom is -0.477 e. The van der Waals surface area contributed by atoms with Crippen LogP contribution in [0.3, 0.4) is 0 Å². The maximum absolute atomic E-state index is 12.0. The normalized spacial score (nSPS) is 14.8. The van der Waals surface area contributed by atoms with E-state index in [1.54, 1.807) is 0 Å². The number of carbonyl (C=O) groups is 2. The van der Waals surface area contributed by atoms with Gasteiger partial charge in [0.1, 0.15) is 5.69 Å². The summed E-state index contributed by atoms with van der Waals surface area (Å²) in [6, 6.07) is 5.89. The Balaban J connectivity index is 1.91. The van der Waals surface area contributed by atoms with E-state index in [0.29, 0.717) is 5.56 Å². The number of aryl methyl sites for hydroxylation is 1. The van der Waals surface area contributed by atoms with Gasteiger partial charge in [-0.2, -0.15) is 0 Å². The third-order valence-electron chi connectivity index (χ3n) is 4.51. The molecule has 0 unspecified atom stereocenters. The highest BCUT2D eigenvalue weighted by atomic mass is 16.4. The number of nitrogens with one attached hydrogen (secondary N) is 2. The summed E-state index contributed by atoms with van der Waals surface area (Å²) >= 11 is 0. The first kappa shape index (κ1) is 14.6. The Hall–Kier alpha value is -2.30. The summed E-state index contributed by atoms with van der Waals surface area (Å²) < 4.78 is 0. The molecule has 1 aliphatic carbocycles. The Morgan fingerprint density at radius 3 is 2.73 bits per heavy atom. The molecule has 1 fully saturated rings. The van der Waals surface area contributed by atoms with Crippen molar-refractivity contribution >= 4 is 22.8 Å². The second-order valence-corrected chi connectivity index (χ2v) is 5.86. The first-order chi connectivity index (χ1) is 10.6. The minimum absolute atomic E-state index is 0.0311. The molecule has 2 aromatic rings. The third-order valence-corrected chi connectivity index (χ3v) is 4.51. The second-order valence-electron chi connectivity index (χ2n) is 5.86. The Labute approximate surface area is 128 Å². The molecule has 116 valence electrons. The Kier molecular flexibility index (Phi) is 3.88. The van der Waals surface area contributed by atoms with Gasteiger partial charge in [-0.15, -0.1) is 0 Å². The van der Waals surface area contributed by atoms with Crippen molar-refractivity contribution in [2.24, 2.45) is 5.92 Å². The van der Waals surface area contributed by atoms with E-state index < -0.39 is 5.97 Å². The SMILES string of the molecule is CCc1ccc2[nH]c(C(=O)O)c(CNC(=O)C3CCC3)c2c1. The minimum atomic E-state index is -0.998. The lowest BCUT2D eigenvalue weighted by atomic mass is 9.85. The number of rotatable bonds is 5. The van der Waals surface area contributed by atoms with Crippen molar-refractivity contribution in [3.8, 4) is 0 Å². The molecule has 3 N–H and O–H groups in total. The predicted molar refractivity (Wildman–Crippen MR) is 83.8 cm³/mol. The molecule has 5 nitrogen and oxygen atoms in total. The van der Waals surface area contributed by atoms with Crippen LogP contribution in [0.5, 0.6) is 0 Å². The molecule has 1 aromatic heterocycles. The number of benzene rings is 1. The van der Waals surface area contributed by atoms with Gasteiger partial charge in [0.2, 0.25) is 5.91 Å². The van der Waals surface area contributed by atoms with Gasteiger partial charge in [-0.1, -0.05) is 19.4 Å². The molecular weight excluding hydrogens is 280 g/mol. The van der Waals surface area contributed by atoms with E-state index in [4.69, 9.17) is 0 Å². The number of hydrogen-bond acceptors (Lipinski definition) is 2. The van der Waals surface area contributed by atoms with E-state index in [1.807, 2.05) is 18.2 Å². The molecule has 0 aliphatic heterocycles. The molecule has 0 radical (unpaired) electrons. The Bertz CT molecular complexity index is 729. The van der Waals surface area contributed by atoms with Crippen LogP contribution in [0.25, 0.3) is 10.9 Å². The lowest BCUT2D eigenvalue weighted by Gasteiger charge is -2.24. The van der Waals surface area contributed by atoms with E-state index in [-0.39, 0.29) is 24.1 Å². The zero-order valence-electron chi connectivity index (χ0n) is 12.6. The van der Waals surface area contributed by atoms with Crippen LogP contribution in [0.4, 0.5) is 0 Å². The molecule has 22 heavy (non-hydrogen) atoms. The van der Waals surface area contributed by atoms with Crippen molar-refractivity contribution in [2.45, 2.75) is 39.2 Å². The lowest BCUT2D eigenvalue weighted by Crippen LogP contribution is -2.34. The Morgan fingerprint density at radius 2 is 2.14 bits per heavy atom. The number of aromatic amines is 1. The van der Waals surface area contributed by atoms with Gasteiger partial charge >= 0.3 is 5.97 Å². The summed E-state index contributed by atoms with van der Waals surface area (Å²) in [5.41, 5.74) is 2.76. The van der Waals surface area contributed by atoms with Crippen molar-refractivity contribution in [3.63, 3.8) is 0 Å². The zero-order valence-corrected chi connectivity index (χ0v) is 12.6. The molecule has 0 bridgehead atoms. The number of carboxylic acid groups (broad SMARTS) is 1. The monoisotopic (exact) mass is 300 g/mol. The fourth-order valence-corrected chi connectivity index (χ4v) is 2.87. The van der Waals surface area contributed by atoms with Crippen LogP contribution in [0.2, 0.25) is 0 Å². The molecule has 1 aromatic carbocycles. The second kappa shape index (κ2) is 5.83. The topological polar surface area (TPSA) is 82.2 Å². The molecule has 1 amide bonds. The summed E-state index contributed by atoms with van der Waals surface area (Å²) in [6.45, 7) is 2.31. The van der Waals surface area contributed by atoms with Gasteiger partial charge in [0.05, 0.1) is 0 Å². The summed E-state index contributed by atoms with van der Waals surface area (Å²) in [5, 5.41) is 13.2. The van der Waals surface area contributed by atoms with Gasteiger partial charge in [-0.3, -0.25) is 4.79 Å². The standard InChI is InChI=1S/C17H20N2O3/c1-2-10-6-7-14-12(8-10)13(15(19-14)17(21)22)9-18-16(20)11-4-3-5-11/h6-8,11,19H,2-5,9H2,1H3,(H,18,20)(H,21,22). The van der Waals surface area contributed by atoms with Crippen molar-refractivity contribution in [1.82, 2.24) is 10.3 Å². The summed E-state index contributed by atoms with van der Waals surface area (Å²) in [4.78, 5) is 26.4.